The lowest BCUT2D eigenvalue weighted by molar-refractivity contribution is 0.0955. The fourth-order valence-corrected chi connectivity index (χ4v) is 3.77. The third kappa shape index (κ3) is 4.76. The summed E-state index contributed by atoms with van der Waals surface area (Å²) in [6.45, 7) is 2.04. The SMILES string of the molecule is COc1cc(Cl)cc(C=NNC(=O)c2ccc(-n3c(C)ccc3-c3ccccc3)cc2)c1O. The first-order chi connectivity index (χ1) is 16.0. The lowest BCUT2D eigenvalue weighted by atomic mass is 10.1. The molecule has 0 aliphatic heterocycles. The molecule has 6 nitrogen and oxygen atoms in total. The number of aromatic hydroxyl groups is 1. The van der Waals surface area contributed by atoms with Gasteiger partial charge in [0.1, 0.15) is 0 Å². The standard InChI is InChI=1S/C26H22ClN3O3/c1-17-8-13-23(18-6-4-3-5-7-18)30(17)22-11-9-19(10-12-22)26(32)29-28-16-20-14-21(27)15-24(33-2)25(20)31/h3-16,31H,1-2H3,(H,29,32). The number of hydrazone groups is 1. The van der Waals surface area contributed by atoms with E-state index in [2.05, 4.69) is 39.4 Å². The van der Waals surface area contributed by atoms with Crippen molar-refractivity contribution >= 4 is 23.7 Å². The van der Waals surface area contributed by atoms with E-state index in [1.54, 1.807) is 12.1 Å². The van der Waals surface area contributed by atoms with Gasteiger partial charge in [0.05, 0.1) is 19.0 Å². The van der Waals surface area contributed by atoms with Crippen molar-refractivity contribution in [2.24, 2.45) is 5.10 Å². The number of hydrogen-bond donors (Lipinski definition) is 2. The van der Waals surface area contributed by atoms with Gasteiger partial charge in [0.25, 0.3) is 5.91 Å². The fourth-order valence-electron chi connectivity index (χ4n) is 3.55. The zero-order valence-corrected chi connectivity index (χ0v) is 18.9. The molecule has 33 heavy (non-hydrogen) atoms. The Balaban J connectivity index is 1.51. The predicted molar refractivity (Wildman–Crippen MR) is 131 cm³/mol. The van der Waals surface area contributed by atoms with E-state index in [-0.39, 0.29) is 17.4 Å². The number of methoxy groups -OCH3 is 1. The van der Waals surface area contributed by atoms with Crippen LogP contribution in [0.1, 0.15) is 21.6 Å². The number of benzene rings is 3. The number of nitrogens with zero attached hydrogens (tertiary/aromatic N) is 2. The first-order valence-corrected chi connectivity index (χ1v) is 10.6. The highest BCUT2D eigenvalue weighted by molar-refractivity contribution is 6.31. The number of rotatable bonds is 6. The third-order valence-electron chi connectivity index (χ3n) is 5.19. The summed E-state index contributed by atoms with van der Waals surface area (Å²) in [4.78, 5) is 12.5. The Hall–Kier alpha value is -4.03. The first kappa shape index (κ1) is 22.2. The van der Waals surface area contributed by atoms with E-state index < -0.39 is 0 Å². The van der Waals surface area contributed by atoms with Crippen molar-refractivity contribution in [1.29, 1.82) is 0 Å². The molecule has 4 aromatic rings. The van der Waals surface area contributed by atoms with Crippen LogP contribution in [0.5, 0.6) is 11.5 Å². The molecule has 0 unspecified atom stereocenters. The van der Waals surface area contributed by atoms with Gasteiger partial charge in [-0.15, -0.1) is 0 Å². The summed E-state index contributed by atoms with van der Waals surface area (Å²) in [5, 5.41) is 14.5. The van der Waals surface area contributed by atoms with Gasteiger partial charge in [-0.3, -0.25) is 4.79 Å². The van der Waals surface area contributed by atoms with Crippen molar-refractivity contribution in [3.63, 3.8) is 0 Å². The number of amides is 1. The van der Waals surface area contributed by atoms with Crippen molar-refractivity contribution in [2.45, 2.75) is 6.92 Å². The van der Waals surface area contributed by atoms with Crippen LogP contribution in [0, 0.1) is 6.92 Å². The van der Waals surface area contributed by atoms with Gasteiger partial charge >= 0.3 is 0 Å². The van der Waals surface area contributed by atoms with E-state index in [9.17, 15) is 9.90 Å². The lowest BCUT2D eigenvalue weighted by Gasteiger charge is -2.12. The van der Waals surface area contributed by atoms with E-state index >= 15 is 0 Å². The van der Waals surface area contributed by atoms with Crippen LogP contribution >= 0.6 is 11.6 Å². The monoisotopic (exact) mass is 459 g/mol. The van der Waals surface area contributed by atoms with Crippen molar-refractivity contribution in [1.82, 2.24) is 9.99 Å². The molecule has 3 aromatic carbocycles. The maximum Gasteiger partial charge on any atom is 0.271 e. The molecule has 0 atom stereocenters. The molecule has 2 N–H and O–H groups in total. The highest BCUT2D eigenvalue weighted by atomic mass is 35.5. The molecule has 4 rings (SSSR count). The fraction of sp³-hybridized carbons (Fsp3) is 0.0769. The van der Waals surface area contributed by atoms with Crippen molar-refractivity contribution in [2.75, 3.05) is 7.11 Å². The van der Waals surface area contributed by atoms with Gasteiger partial charge in [0, 0.05) is 33.6 Å². The average molecular weight is 460 g/mol. The predicted octanol–water partition coefficient (Wildman–Crippen LogP) is 5.58. The van der Waals surface area contributed by atoms with Crippen LogP contribution in [-0.4, -0.2) is 28.9 Å². The lowest BCUT2D eigenvalue weighted by Crippen LogP contribution is -2.17. The van der Waals surface area contributed by atoms with Crippen LogP contribution in [0.4, 0.5) is 0 Å². The minimum absolute atomic E-state index is 0.111. The molecule has 0 aliphatic rings. The molecule has 0 spiro atoms. The second kappa shape index (κ2) is 9.63. The van der Waals surface area contributed by atoms with Crippen LogP contribution in [0.25, 0.3) is 16.9 Å². The van der Waals surface area contributed by atoms with Crippen LogP contribution in [0.3, 0.4) is 0 Å². The van der Waals surface area contributed by atoms with Crippen LogP contribution in [0.2, 0.25) is 5.02 Å². The van der Waals surface area contributed by atoms with Crippen LogP contribution < -0.4 is 10.2 Å². The minimum Gasteiger partial charge on any atom is -0.504 e. The van der Waals surface area contributed by atoms with Crippen molar-refractivity contribution < 1.29 is 14.6 Å². The Morgan fingerprint density at radius 2 is 1.79 bits per heavy atom. The summed E-state index contributed by atoms with van der Waals surface area (Å²) < 4.78 is 7.21. The number of carbonyl (C=O) groups is 1. The number of aryl methyl sites for hydroxylation is 1. The van der Waals surface area contributed by atoms with E-state index in [4.69, 9.17) is 16.3 Å². The topological polar surface area (TPSA) is 75.8 Å². The summed E-state index contributed by atoms with van der Waals surface area (Å²) in [5.41, 5.74) is 7.47. The minimum atomic E-state index is -0.376. The maximum atomic E-state index is 12.5. The highest BCUT2D eigenvalue weighted by Crippen LogP contribution is 2.32. The Morgan fingerprint density at radius 3 is 2.48 bits per heavy atom. The second-order valence-corrected chi connectivity index (χ2v) is 7.79. The molecule has 0 bridgehead atoms. The van der Waals surface area contributed by atoms with E-state index in [1.165, 1.54) is 25.5 Å². The van der Waals surface area contributed by atoms with Gasteiger partial charge in [-0.1, -0.05) is 41.9 Å². The molecule has 1 amide bonds. The number of halogens is 1. The van der Waals surface area contributed by atoms with Crippen molar-refractivity contribution in [3.8, 4) is 28.4 Å². The van der Waals surface area contributed by atoms with Crippen LogP contribution in [-0.2, 0) is 0 Å². The molecular formula is C26H22ClN3O3. The van der Waals surface area contributed by atoms with E-state index in [1.807, 2.05) is 37.3 Å². The smallest absolute Gasteiger partial charge is 0.271 e. The first-order valence-electron chi connectivity index (χ1n) is 10.2. The molecule has 1 aromatic heterocycles. The average Bonchev–Trinajstić information content (AvgIpc) is 3.22. The number of ether oxygens (including phenoxy) is 1. The van der Waals surface area contributed by atoms with Gasteiger partial charge in [-0.25, -0.2) is 5.43 Å². The summed E-state index contributed by atoms with van der Waals surface area (Å²) in [6.07, 6.45) is 1.31. The molecule has 0 fully saturated rings. The molecule has 166 valence electrons. The second-order valence-electron chi connectivity index (χ2n) is 7.35. The Morgan fingerprint density at radius 1 is 1.06 bits per heavy atom. The summed E-state index contributed by atoms with van der Waals surface area (Å²) in [7, 11) is 1.43. The number of aromatic nitrogens is 1. The molecule has 0 saturated carbocycles. The summed E-state index contributed by atoms with van der Waals surface area (Å²) in [5.74, 6) is -0.264. The zero-order chi connectivity index (χ0) is 23.4. The Kier molecular flexibility index (Phi) is 6.47. The third-order valence-corrected chi connectivity index (χ3v) is 5.41. The Labute approximate surface area is 196 Å². The highest BCUT2D eigenvalue weighted by Gasteiger charge is 2.11. The number of phenols is 1. The maximum absolute atomic E-state index is 12.5. The van der Waals surface area contributed by atoms with Gasteiger partial charge < -0.3 is 14.4 Å². The largest absolute Gasteiger partial charge is 0.504 e. The summed E-state index contributed by atoms with van der Waals surface area (Å²) >= 11 is 6.01. The van der Waals surface area contributed by atoms with Gasteiger partial charge in [-0.2, -0.15) is 5.10 Å². The molecular weight excluding hydrogens is 438 g/mol. The number of phenolic OH excluding ortho intramolecular Hbond substituents is 1. The van der Waals surface area contributed by atoms with E-state index in [0.29, 0.717) is 16.1 Å². The zero-order valence-electron chi connectivity index (χ0n) is 18.1. The van der Waals surface area contributed by atoms with Gasteiger partial charge in [0.2, 0.25) is 0 Å². The normalized spacial score (nSPS) is 11.0. The summed E-state index contributed by atoms with van der Waals surface area (Å²) in [6, 6.07) is 24.6. The molecule has 1 heterocycles. The molecule has 0 radical (unpaired) electrons. The van der Waals surface area contributed by atoms with E-state index in [0.717, 1.165) is 22.6 Å². The van der Waals surface area contributed by atoms with Gasteiger partial charge in [0.15, 0.2) is 11.5 Å². The Bertz CT molecular complexity index is 1310. The molecule has 7 heteroatoms. The number of carbonyl (C=O) groups excluding carboxylic acids is 1. The number of nitrogens with one attached hydrogen (secondary N) is 1. The molecule has 0 aliphatic carbocycles. The quantitative estimate of drug-likeness (QED) is 0.292. The van der Waals surface area contributed by atoms with Crippen molar-refractivity contribution in [3.05, 3.63) is 101 Å². The molecule has 0 saturated heterocycles. The van der Waals surface area contributed by atoms with Crippen LogP contribution in [0.15, 0.2) is 84.0 Å². The number of hydrogen-bond acceptors (Lipinski definition) is 4. The van der Waals surface area contributed by atoms with Gasteiger partial charge in [-0.05, 0) is 55.0 Å².